The number of carbonyl (C=O) groups is 1. The molecule has 1 heterocycles. The molecule has 2 aromatic rings. The monoisotopic (exact) mass is 343 g/mol. The van der Waals surface area contributed by atoms with Crippen LogP contribution in [0.1, 0.15) is 32.7 Å². The zero-order valence-corrected chi connectivity index (χ0v) is 13.5. The number of halogens is 2. The van der Waals surface area contributed by atoms with Gasteiger partial charge in [0.1, 0.15) is 17.5 Å². The Hall–Kier alpha value is -3.34. The molecule has 0 radical (unpaired) electrons. The molecule has 0 aliphatic heterocycles. The van der Waals surface area contributed by atoms with Crippen LogP contribution in [0.4, 0.5) is 20.2 Å². The van der Waals surface area contributed by atoms with Crippen LogP contribution < -0.4 is 11.1 Å². The van der Waals surface area contributed by atoms with E-state index in [0.29, 0.717) is 16.7 Å². The van der Waals surface area contributed by atoms with Gasteiger partial charge in [0.15, 0.2) is 0 Å². The average molecular weight is 343 g/mol. The number of nitrogens with zero attached hydrogens (tertiary/aromatic N) is 2. The Morgan fingerprint density at radius 2 is 2.04 bits per heavy atom. The molecular formula is C17H15F2N5O. The maximum atomic E-state index is 12.7. The van der Waals surface area contributed by atoms with Gasteiger partial charge in [-0.2, -0.15) is 5.26 Å². The molecule has 0 fully saturated rings. The highest BCUT2D eigenvalue weighted by atomic mass is 19.3. The molecule has 4 N–H and O–H groups in total. The van der Waals surface area contributed by atoms with Gasteiger partial charge < -0.3 is 11.1 Å². The fourth-order valence-electron chi connectivity index (χ4n) is 2.22. The number of nitriles is 1. The van der Waals surface area contributed by atoms with Gasteiger partial charge in [0.2, 0.25) is 0 Å². The molecule has 128 valence electrons. The van der Waals surface area contributed by atoms with Crippen LogP contribution >= 0.6 is 0 Å². The van der Waals surface area contributed by atoms with Crippen LogP contribution in [0.15, 0.2) is 24.4 Å². The Bertz CT molecular complexity index is 903. The highest BCUT2D eigenvalue weighted by Crippen LogP contribution is 2.22. The van der Waals surface area contributed by atoms with Crippen molar-refractivity contribution >= 4 is 23.0 Å². The highest BCUT2D eigenvalue weighted by Gasteiger charge is 2.18. The standard InChI is InChI=1S/C17H15F2N5O/c1-8-9(2)15(23-7-10(8)6-20)17(25)24-11-3-4-13(21)12(5-11)14(22)16(18)19/h3-5,7,16,22H,21H2,1-2H3,(H,24,25). The van der Waals surface area contributed by atoms with Crippen LogP contribution in [0.5, 0.6) is 0 Å². The van der Waals surface area contributed by atoms with E-state index in [2.05, 4.69) is 10.3 Å². The first-order valence-electron chi connectivity index (χ1n) is 7.20. The summed E-state index contributed by atoms with van der Waals surface area (Å²) in [5.74, 6) is -0.551. The van der Waals surface area contributed by atoms with Crippen molar-refractivity contribution in [3.63, 3.8) is 0 Å². The Balaban J connectivity index is 2.33. The summed E-state index contributed by atoms with van der Waals surface area (Å²) in [6.07, 6.45) is -1.67. The Morgan fingerprint density at radius 1 is 1.36 bits per heavy atom. The van der Waals surface area contributed by atoms with Gasteiger partial charge >= 0.3 is 0 Å². The van der Waals surface area contributed by atoms with Crippen molar-refractivity contribution in [2.24, 2.45) is 0 Å². The maximum Gasteiger partial charge on any atom is 0.280 e. The van der Waals surface area contributed by atoms with Crippen LogP contribution in [0.3, 0.4) is 0 Å². The summed E-state index contributed by atoms with van der Waals surface area (Å²) in [6, 6.07) is 5.99. The fraction of sp³-hybridized carbons (Fsp3) is 0.176. The molecule has 1 aromatic heterocycles. The molecule has 0 bridgehead atoms. The van der Waals surface area contributed by atoms with Crippen LogP contribution in [-0.4, -0.2) is 23.0 Å². The third-order valence-corrected chi connectivity index (χ3v) is 3.80. The predicted octanol–water partition coefficient (Wildman–Crippen LogP) is 3.04. The Morgan fingerprint density at radius 3 is 2.64 bits per heavy atom. The zero-order chi connectivity index (χ0) is 18.7. The molecule has 0 saturated carbocycles. The van der Waals surface area contributed by atoms with Crippen LogP contribution in [0, 0.1) is 30.6 Å². The second kappa shape index (κ2) is 7.05. The number of amides is 1. The molecular weight excluding hydrogens is 328 g/mol. The summed E-state index contributed by atoms with van der Waals surface area (Å²) in [5, 5.41) is 18.9. The number of anilines is 2. The molecule has 0 spiro atoms. The number of pyridine rings is 1. The number of aromatic nitrogens is 1. The number of carbonyl (C=O) groups excluding carboxylic acids is 1. The first kappa shape index (κ1) is 18.0. The summed E-state index contributed by atoms with van der Waals surface area (Å²) < 4.78 is 25.4. The molecule has 1 amide bonds. The minimum Gasteiger partial charge on any atom is -0.398 e. The maximum absolute atomic E-state index is 12.7. The van der Waals surface area contributed by atoms with Gasteiger partial charge in [0, 0.05) is 23.1 Å². The lowest BCUT2D eigenvalue weighted by atomic mass is 10.0. The second-order valence-corrected chi connectivity index (χ2v) is 5.35. The second-order valence-electron chi connectivity index (χ2n) is 5.35. The third kappa shape index (κ3) is 3.61. The Kier molecular flexibility index (Phi) is 5.08. The van der Waals surface area contributed by atoms with Crippen LogP contribution in [-0.2, 0) is 0 Å². The lowest BCUT2D eigenvalue weighted by Gasteiger charge is -2.12. The molecule has 8 heteroatoms. The lowest BCUT2D eigenvalue weighted by Crippen LogP contribution is -2.18. The Labute approximate surface area is 142 Å². The van der Waals surface area contributed by atoms with E-state index >= 15 is 0 Å². The summed E-state index contributed by atoms with van der Waals surface area (Å²) in [6.45, 7) is 3.37. The van der Waals surface area contributed by atoms with Crippen LogP contribution in [0.2, 0.25) is 0 Å². The van der Waals surface area contributed by atoms with Gasteiger partial charge in [-0.15, -0.1) is 0 Å². The number of alkyl halides is 2. The normalized spacial score (nSPS) is 10.4. The predicted molar refractivity (Wildman–Crippen MR) is 90.1 cm³/mol. The minimum absolute atomic E-state index is 0.0202. The average Bonchev–Trinajstić information content (AvgIpc) is 2.58. The number of hydrogen-bond donors (Lipinski definition) is 3. The molecule has 25 heavy (non-hydrogen) atoms. The van der Waals surface area contributed by atoms with E-state index in [0.717, 1.165) is 0 Å². The molecule has 0 aliphatic rings. The van der Waals surface area contributed by atoms with E-state index in [9.17, 15) is 13.6 Å². The lowest BCUT2D eigenvalue weighted by molar-refractivity contribution is 0.102. The summed E-state index contributed by atoms with van der Waals surface area (Å²) in [5.41, 5.74) is 6.46. The van der Waals surface area contributed by atoms with Gasteiger partial charge in [0.05, 0.1) is 5.56 Å². The first-order chi connectivity index (χ1) is 11.8. The number of nitrogens with two attached hydrogens (primary N) is 1. The van der Waals surface area contributed by atoms with E-state index in [-0.39, 0.29) is 22.6 Å². The smallest absolute Gasteiger partial charge is 0.280 e. The van der Waals surface area contributed by atoms with Gasteiger partial charge in [0.25, 0.3) is 12.3 Å². The van der Waals surface area contributed by atoms with E-state index in [1.807, 2.05) is 6.07 Å². The van der Waals surface area contributed by atoms with Crippen LogP contribution in [0.25, 0.3) is 0 Å². The minimum atomic E-state index is -2.97. The van der Waals surface area contributed by atoms with E-state index in [1.54, 1.807) is 13.8 Å². The van der Waals surface area contributed by atoms with Gasteiger partial charge in [-0.3, -0.25) is 10.2 Å². The van der Waals surface area contributed by atoms with E-state index < -0.39 is 18.0 Å². The first-order valence-corrected chi connectivity index (χ1v) is 7.20. The largest absolute Gasteiger partial charge is 0.398 e. The van der Waals surface area contributed by atoms with Crippen molar-refractivity contribution in [2.75, 3.05) is 11.1 Å². The molecule has 0 saturated heterocycles. The summed E-state index contributed by atoms with van der Waals surface area (Å²) >= 11 is 0. The van der Waals surface area contributed by atoms with Gasteiger partial charge in [-0.05, 0) is 43.2 Å². The quantitative estimate of drug-likeness (QED) is 0.584. The van der Waals surface area contributed by atoms with E-state index in [1.165, 1.54) is 24.4 Å². The number of rotatable bonds is 4. The van der Waals surface area contributed by atoms with Crippen molar-refractivity contribution in [1.29, 1.82) is 10.7 Å². The summed E-state index contributed by atoms with van der Waals surface area (Å²) in [4.78, 5) is 16.4. The van der Waals surface area contributed by atoms with Crippen molar-refractivity contribution in [1.82, 2.24) is 4.98 Å². The number of nitrogen functional groups attached to an aromatic ring is 1. The van der Waals surface area contributed by atoms with E-state index in [4.69, 9.17) is 16.4 Å². The topological polar surface area (TPSA) is 116 Å². The highest BCUT2D eigenvalue weighted by molar-refractivity contribution is 6.08. The molecule has 1 aromatic carbocycles. The molecule has 0 unspecified atom stereocenters. The fourth-order valence-corrected chi connectivity index (χ4v) is 2.22. The summed E-state index contributed by atoms with van der Waals surface area (Å²) in [7, 11) is 0. The molecule has 0 atom stereocenters. The molecule has 2 rings (SSSR count). The SMILES string of the molecule is Cc1c(C#N)cnc(C(=O)Nc2ccc(N)c(C(=N)C(F)F)c2)c1C. The third-order valence-electron chi connectivity index (χ3n) is 3.80. The number of hydrogen-bond acceptors (Lipinski definition) is 5. The van der Waals surface area contributed by atoms with Crippen molar-refractivity contribution in [2.45, 2.75) is 20.3 Å². The van der Waals surface area contributed by atoms with Gasteiger partial charge in [-0.25, -0.2) is 13.8 Å². The van der Waals surface area contributed by atoms with Crippen molar-refractivity contribution in [3.8, 4) is 6.07 Å². The van der Waals surface area contributed by atoms with Crippen molar-refractivity contribution in [3.05, 3.63) is 52.3 Å². The zero-order valence-electron chi connectivity index (χ0n) is 13.5. The number of benzene rings is 1. The van der Waals surface area contributed by atoms with Crippen molar-refractivity contribution < 1.29 is 13.6 Å². The number of nitrogens with one attached hydrogen (secondary N) is 2. The van der Waals surface area contributed by atoms with Gasteiger partial charge in [-0.1, -0.05) is 0 Å². The molecule has 0 aliphatic carbocycles. The molecule has 6 nitrogen and oxygen atoms in total.